The predicted octanol–water partition coefficient (Wildman–Crippen LogP) is 4.11. The van der Waals surface area contributed by atoms with Gasteiger partial charge in [-0.05, 0) is 12.1 Å². The number of rotatable bonds is 0. The zero-order chi connectivity index (χ0) is 11.1. The van der Waals surface area contributed by atoms with E-state index in [0.717, 1.165) is 16.4 Å². The van der Waals surface area contributed by atoms with Crippen LogP contribution in [0.15, 0.2) is 40.8 Å². The lowest BCUT2D eigenvalue weighted by atomic mass is 10.1. The van der Waals surface area contributed by atoms with Gasteiger partial charge in [-0.3, -0.25) is 0 Å². The number of hydrogen-bond acceptors (Lipinski definition) is 2. The van der Waals surface area contributed by atoms with E-state index >= 15 is 0 Å². The van der Waals surface area contributed by atoms with Crippen LogP contribution >= 0.6 is 11.6 Å². The third-order valence-electron chi connectivity index (χ3n) is 2.56. The summed E-state index contributed by atoms with van der Waals surface area (Å²) in [4.78, 5) is 0. The predicted molar refractivity (Wildman–Crippen MR) is 63.4 cm³/mol. The number of furan rings is 1. The van der Waals surface area contributed by atoms with Crippen molar-refractivity contribution in [2.24, 2.45) is 0 Å². The minimum Gasteiger partial charge on any atom is -0.456 e. The van der Waals surface area contributed by atoms with E-state index in [1.165, 1.54) is 0 Å². The largest absolute Gasteiger partial charge is 0.456 e. The van der Waals surface area contributed by atoms with E-state index in [4.69, 9.17) is 21.3 Å². The monoisotopic (exact) mass is 227 g/mol. The quantitative estimate of drug-likeness (QED) is 0.580. The number of nitrogens with zero attached hydrogens (tertiary/aromatic N) is 1. The lowest BCUT2D eigenvalue weighted by Gasteiger charge is -1.94. The highest BCUT2D eigenvalue weighted by molar-refractivity contribution is 6.31. The topological polar surface area (TPSA) is 36.9 Å². The molecule has 0 saturated carbocycles. The second-order valence-electron chi connectivity index (χ2n) is 3.54. The Balaban J connectivity index is 2.62. The second kappa shape index (κ2) is 3.26. The highest BCUT2D eigenvalue weighted by atomic mass is 35.5. The van der Waals surface area contributed by atoms with Crippen LogP contribution in [0.4, 0.5) is 0 Å². The molecule has 3 heteroatoms. The Morgan fingerprint density at radius 3 is 2.75 bits per heavy atom. The number of nitriles is 1. The summed E-state index contributed by atoms with van der Waals surface area (Å²) >= 11 is 5.92. The van der Waals surface area contributed by atoms with E-state index in [0.29, 0.717) is 16.2 Å². The van der Waals surface area contributed by atoms with Gasteiger partial charge in [0.2, 0.25) is 0 Å². The standard InChI is InChI=1S/C13H6ClNO/c14-9-5-8(7-15)13-10-3-1-2-4-11(10)16-12(13)6-9/h1-6H. The molecule has 0 aliphatic heterocycles. The smallest absolute Gasteiger partial charge is 0.138 e. The highest BCUT2D eigenvalue weighted by Gasteiger charge is 2.11. The molecule has 16 heavy (non-hydrogen) atoms. The molecule has 0 radical (unpaired) electrons. The van der Waals surface area contributed by atoms with Crippen molar-refractivity contribution < 1.29 is 4.42 Å². The van der Waals surface area contributed by atoms with E-state index in [2.05, 4.69) is 6.07 Å². The molecule has 0 unspecified atom stereocenters. The Hall–Kier alpha value is -1.98. The van der Waals surface area contributed by atoms with Crippen molar-refractivity contribution in [1.29, 1.82) is 5.26 Å². The molecule has 2 aromatic carbocycles. The van der Waals surface area contributed by atoms with Crippen LogP contribution < -0.4 is 0 Å². The van der Waals surface area contributed by atoms with Gasteiger partial charge in [-0.1, -0.05) is 29.8 Å². The molecule has 3 rings (SSSR count). The lowest BCUT2D eigenvalue weighted by Crippen LogP contribution is -1.76. The van der Waals surface area contributed by atoms with Crippen LogP contribution in [0, 0.1) is 11.3 Å². The van der Waals surface area contributed by atoms with Gasteiger partial charge in [-0.25, -0.2) is 0 Å². The van der Waals surface area contributed by atoms with Gasteiger partial charge in [0, 0.05) is 21.9 Å². The maximum atomic E-state index is 9.09. The van der Waals surface area contributed by atoms with Crippen LogP contribution in [-0.2, 0) is 0 Å². The highest BCUT2D eigenvalue weighted by Crippen LogP contribution is 2.33. The van der Waals surface area contributed by atoms with Crippen molar-refractivity contribution in [2.45, 2.75) is 0 Å². The summed E-state index contributed by atoms with van der Waals surface area (Å²) in [6.45, 7) is 0. The third-order valence-corrected chi connectivity index (χ3v) is 2.78. The molecule has 0 fully saturated rings. The molecule has 0 aliphatic carbocycles. The number of benzene rings is 2. The average Bonchev–Trinajstić information content (AvgIpc) is 2.65. The Morgan fingerprint density at radius 2 is 1.94 bits per heavy atom. The van der Waals surface area contributed by atoms with Gasteiger partial charge in [-0.15, -0.1) is 0 Å². The molecule has 76 valence electrons. The Labute approximate surface area is 96.6 Å². The minimum absolute atomic E-state index is 0.517. The molecule has 1 aromatic heterocycles. The molecular formula is C13H6ClNO. The zero-order valence-electron chi connectivity index (χ0n) is 8.20. The molecule has 1 heterocycles. The van der Waals surface area contributed by atoms with Crippen LogP contribution in [0.5, 0.6) is 0 Å². The van der Waals surface area contributed by atoms with Crippen molar-refractivity contribution >= 4 is 33.5 Å². The fraction of sp³-hybridized carbons (Fsp3) is 0. The average molecular weight is 228 g/mol. The summed E-state index contributed by atoms with van der Waals surface area (Å²) < 4.78 is 5.64. The third kappa shape index (κ3) is 1.19. The van der Waals surface area contributed by atoms with Gasteiger partial charge in [0.25, 0.3) is 0 Å². The van der Waals surface area contributed by atoms with E-state index in [9.17, 15) is 0 Å². The fourth-order valence-corrected chi connectivity index (χ4v) is 2.12. The Kier molecular flexibility index (Phi) is 1.89. The maximum Gasteiger partial charge on any atom is 0.138 e. The van der Waals surface area contributed by atoms with Crippen LogP contribution in [-0.4, -0.2) is 0 Å². The molecule has 0 saturated heterocycles. The molecule has 0 spiro atoms. The van der Waals surface area contributed by atoms with E-state index < -0.39 is 0 Å². The normalized spacial score (nSPS) is 10.8. The SMILES string of the molecule is N#Cc1cc(Cl)cc2oc3ccccc3c12. The number of fused-ring (bicyclic) bond motifs is 3. The van der Waals surface area contributed by atoms with Gasteiger partial charge < -0.3 is 4.42 Å². The Bertz CT molecular complexity index is 737. The number of halogens is 1. The summed E-state index contributed by atoms with van der Waals surface area (Å²) in [6, 6.07) is 13.2. The summed E-state index contributed by atoms with van der Waals surface area (Å²) in [7, 11) is 0. The number of hydrogen-bond donors (Lipinski definition) is 0. The molecule has 0 aliphatic rings. The van der Waals surface area contributed by atoms with Crippen LogP contribution in [0.25, 0.3) is 21.9 Å². The van der Waals surface area contributed by atoms with Crippen molar-refractivity contribution in [3.05, 3.63) is 47.0 Å². The molecule has 2 nitrogen and oxygen atoms in total. The first-order valence-corrected chi connectivity index (χ1v) is 5.18. The van der Waals surface area contributed by atoms with E-state index in [1.54, 1.807) is 12.1 Å². The van der Waals surface area contributed by atoms with E-state index in [-0.39, 0.29) is 0 Å². The van der Waals surface area contributed by atoms with Gasteiger partial charge in [0.05, 0.1) is 11.6 Å². The first-order chi connectivity index (χ1) is 7.79. The van der Waals surface area contributed by atoms with Gasteiger partial charge >= 0.3 is 0 Å². The molecule has 0 atom stereocenters. The molecular weight excluding hydrogens is 222 g/mol. The van der Waals surface area contributed by atoms with Gasteiger partial charge in [-0.2, -0.15) is 5.26 Å². The summed E-state index contributed by atoms with van der Waals surface area (Å²) in [5.41, 5.74) is 1.98. The molecule has 0 N–H and O–H groups in total. The maximum absolute atomic E-state index is 9.09. The molecule has 0 bridgehead atoms. The Morgan fingerprint density at radius 1 is 1.12 bits per heavy atom. The van der Waals surface area contributed by atoms with Crippen LogP contribution in [0.3, 0.4) is 0 Å². The van der Waals surface area contributed by atoms with Crippen molar-refractivity contribution in [3.8, 4) is 6.07 Å². The first kappa shape index (κ1) is 9.26. The van der Waals surface area contributed by atoms with Crippen molar-refractivity contribution in [2.75, 3.05) is 0 Å². The van der Waals surface area contributed by atoms with Gasteiger partial charge in [0.15, 0.2) is 0 Å². The number of para-hydroxylation sites is 1. The first-order valence-electron chi connectivity index (χ1n) is 4.80. The van der Waals surface area contributed by atoms with Crippen LogP contribution in [0.1, 0.15) is 5.56 Å². The fourth-order valence-electron chi connectivity index (χ4n) is 1.91. The summed E-state index contributed by atoms with van der Waals surface area (Å²) in [6.07, 6.45) is 0. The van der Waals surface area contributed by atoms with Crippen molar-refractivity contribution in [3.63, 3.8) is 0 Å². The summed E-state index contributed by atoms with van der Waals surface area (Å²) in [5, 5.41) is 11.4. The molecule has 0 amide bonds. The summed E-state index contributed by atoms with van der Waals surface area (Å²) in [5.74, 6) is 0. The van der Waals surface area contributed by atoms with Crippen molar-refractivity contribution in [1.82, 2.24) is 0 Å². The minimum atomic E-state index is 0.517. The van der Waals surface area contributed by atoms with E-state index in [1.807, 2.05) is 24.3 Å². The lowest BCUT2D eigenvalue weighted by molar-refractivity contribution is 0.669. The van der Waals surface area contributed by atoms with Gasteiger partial charge in [0.1, 0.15) is 11.2 Å². The molecule has 3 aromatic rings. The second-order valence-corrected chi connectivity index (χ2v) is 3.97. The van der Waals surface area contributed by atoms with Crippen LogP contribution in [0.2, 0.25) is 5.02 Å². The zero-order valence-corrected chi connectivity index (χ0v) is 8.95.